The standard InChI is InChI=1S/C22H28N2O4S/c1-5-13-23-21(25)20-15-24(29(26,27)17-9-7-6-8-10-17)18-14-16(22(2,3)4)11-12-19(18)28-20/h6-12,14,20H,5,13,15H2,1-4H3,(H,23,25)/t20-/m0/s1. The van der Waals surface area contributed by atoms with Gasteiger partial charge in [0.05, 0.1) is 17.1 Å². The molecule has 1 N–H and O–H groups in total. The monoisotopic (exact) mass is 416 g/mol. The fraction of sp³-hybridized carbons (Fsp3) is 0.409. The number of hydrogen-bond donors (Lipinski definition) is 1. The molecule has 0 saturated heterocycles. The summed E-state index contributed by atoms with van der Waals surface area (Å²) in [6, 6.07) is 13.8. The lowest BCUT2D eigenvalue weighted by molar-refractivity contribution is -0.127. The van der Waals surface area contributed by atoms with Crippen molar-refractivity contribution in [3.05, 3.63) is 54.1 Å². The molecule has 1 atom stereocenters. The molecule has 1 aliphatic rings. The van der Waals surface area contributed by atoms with Crippen molar-refractivity contribution in [3.8, 4) is 5.75 Å². The summed E-state index contributed by atoms with van der Waals surface area (Å²) in [6.45, 7) is 8.59. The van der Waals surface area contributed by atoms with Gasteiger partial charge in [-0.2, -0.15) is 0 Å². The van der Waals surface area contributed by atoms with Crippen LogP contribution < -0.4 is 14.4 Å². The van der Waals surface area contributed by atoms with E-state index in [4.69, 9.17) is 4.74 Å². The van der Waals surface area contributed by atoms with Crippen LogP contribution in [-0.4, -0.2) is 33.5 Å². The van der Waals surface area contributed by atoms with Crippen molar-refractivity contribution in [1.29, 1.82) is 0 Å². The van der Waals surface area contributed by atoms with E-state index >= 15 is 0 Å². The van der Waals surface area contributed by atoms with Crippen LogP contribution in [0.1, 0.15) is 39.7 Å². The maximum atomic E-state index is 13.4. The minimum absolute atomic E-state index is 0.0760. The van der Waals surface area contributed by atoms with Gasteiger partial charge in [-0.3, -0.25) is 9.10 Å². The van der Waals surface area contributed by atoms with Gasteiger partial charge in [-0.1, -0.05) is 52.0 Å². The van der Waals surface area contributed by atoms with E-state index in [-0.39, 0.29) is 22.8 Å². The van der Waals surface area contributed by atoms with Gasteiger partial charge in [0, 0.05) is 6.54 Å². The molecule has 3 rings (SSSR count). The zero-order valence-corrected chi connectivity index (χ0v) is 18.1. The number of rotatable bonds is 5. The summed E-state index contributed by atoms with van der Waals surface area (Å²) in [4.78, 5) is 12.7. The quantitative estimate of drug-likeness (QED) is 0.810. The molecule has 2 aromatic carbocycles. The van der Waals surface area contributed by atoms with E-state index in [0.29, 0.717) is 18.0 Å². The Morgan fingerprint density at radius 3 is 2.48 bits per heavy atom. The smallest absolute Gasteiger partial charge is 0.264 e. The molecule has 156 valence electrons. The fourth-order valence-corrected chi connectivity index (χ4v) is 4.65. The van der Waals surface area contributed by atoms with Crippen LogP contribution in [0.3, 0.4) is 0 Å². The number of benzene rings is 2. The summed E-state index contributed by atoms with van der Waals surface area (Å²) in [5.74, 6) is 0.0751. The first-order valence-electron chi connectivity index (χ1n) is 9.81. The average molecular weight is 417 g/mol. The second-order valence-corrected chi connectivity index (χ2v) is 10.0. The molecule has 1 heterocycles. The third-order valence-electron chi connectivity index (χ3n) is 4.87. The van der Waals surface area contributed by atoms with E-state index in [1.807, 2.05) is 19.1 Å². The number of ether oxygens (including phenoxy) is 1. The summed E-state index contributed by atoms with van der Waals surface area (Å²) in [6.07, 6.45) is -0.122. The minimum Gasteiger partial charge on any atom is -0.476 e. The average Bonchev–Trinajstić information content (AvgIpc) is 2.70. The first-order chi connectivity index (χ1) is 13.6. The van der Waals surface area contributed by atoms with Gasteiger partial charge in [-0.25, -0.2) is 8.42 Å². The van der Waals surface area contributed by atoms with Crippen LogP contribution in [0.15, 0.2) is 53.4 Å². The molecule has 0 unspecified atom stereocenters. The number of anilines is 1. The number of nitrogens with zero attached hydrogens (tertiary/aromatic N) is 1. The van der Waals surface area contributed by atoms with Gasteiger partial charge < -0.3 is 10.1 Å². The number of hydrogen-bond acceptors (Lipinski definition) is 4. The lowest BCUT2D eigenvalue weighted by Gasteiger charge is -2.36. The summed E-state index contributed by atoms with van der Waals surface area (Å²) in [5, 5.41) is 2.79. The largest absolute Gasteiger partial charge is 0.476 e. The number of carbonyl (C=O) groups is 1. The highest BCUT2D eigenvalue weighted by atomic mass is 32.2. The molecule has 0 aliphatic carbocycles. The molecular weight excluding hydrogens is 388 g/mol. The van der Waals surface area contributed by atoms with E-state index in [2.05, 4.69) is 26.1 Å². The molecule has 1 amide bonds. The topological polar surface area (TPSA) is 75.7 Å². The third-order valence-corrected chi connectivity index (χ3v) is 6.66. The SMILES string of the molecule is CCCNC(=O)[C@@H]1CN(S(=O)(=O)c2ccccc2)c2cc(C(C)(C)C)ccc2O1. The van der Waals surface area contributed by atoms with E-state index in [1.165, 1.54) is 4.31 Å². The Hall–Kier alpha value is -2.54. The number of nitrogens with one attached hydrogen (secondary N) is 1. The third kappa shape index (κ3) is 4.40. The van der Waals surface area contributed by atoms with Gasteiger partial charge >= 0.3 is 0 Å². The molecule has 29 heavy (non-hydrogen) atoms. The van der Waals surface area contributed by atoms with Crippen molar-refractivity contribution < 1.29 is 17.9 Å². The molecule has 0 bridgehead atoms. The van der Waals surface area contributed by atoms with Crippen LogP contribution in [-0.2, 0) is 20.2 Å². The number of amides is 1. The van der Waals surface area contributed by atoms with Crippen LogP contribution in [0.5, 0.6) is 5.75 Å². The van der Waals surface area contributed by atoms with Crippen LogP contribution in [0.2, 0.25) is 0 Å². The summed E-state index contributed by atoms with van der Waals surface area (Å²) in [5.41, 5.74) is 1.29. The molecule has 0 radical (unpaired) electrons. The zero-order chi connectivity index (χ0) is 21.2. The lowest BCUT2D eigenvalue weighted by atomic mass is 9.86. The molecule has 6 nitrogen and oxygen atoms in total. The van der Waals surface area contributed by atoms with E-state index < -0.39 is 16.1 Å². The van der Waals surface area contributed by atoms with Gasteiger partial charge in [-0.15, -0.1) is 0 Å². The Balaban J connectivity index is 2.08. The summed E-state index contributed by atoms with van der Waals surface area (Å²) >= 11 is 0. The molecule has 0 fully saturated rings. The van der Waals surface area contributed by atoms with E-state index in [1.54, 1.807) is 36.4 Å². The normalized spacial score (nSPS) is 16.7. The van der Waals surface area contributed by atoms with Gasteiger partial charge in [0.25, 0.3) is 15.9 Å². The number of sulfonamides is 1. The molecular formula is C22H28N2O4S. The van der Waals surface area contributed by atoms with E-state index in [9.17, 15) is 13.2 Å². The Morgan fingerprint density at radius 1 is 1.17 bits per heavy atom. The van der Waals surface area contributed by atoms with Crippen molar-refractivity contribution in [2.75, 3.05) is 17.4 Å². The van der Waals surface area contributed by atoms with E-state index in [0.717, 1.165) is 12.0 Å². The Labute approximate surface area is 172 Å². The highest BCUT2D eigenvalue weighted by molar-refractivity contribution is 7.92. The Bertz CT molecular complexity index is 982. The van der Waals surface area contributed by atoms with Crippen molar-refractivity contribution in [3.63, 3.8) is 0 Å². The van der Waals surface area contributed by atoms with Gasteiger partial charge in [0.15, 0.2) is 6.10 Å². The Morgan fingerprint density at radius 2 is 1.86 bits per heavy atom. The highest BCUT2D eigenvalue weighted by Crippen LogP contribution is 2.40. The molecule has 1 aliphatic heterocycles. The second kappa shape index (κ2) is 8.06. The van der Waals surface area contributed by atoms with Gasteiger partial charge in [0.2, 0.25) is 0 Å². The van der Waals surface area contributed by atoms with Crippen LogP contribution in [0, 0.1) is 0 Å². The minimum atomic E-state index is -3.85. The zero-order valence-electron chi connectivity index (χ0n) is 17.3. The van der Waals surface area contributed by atoms with Crippen LogP contribution >= 0.6 is 0 Å². The molecule has 0 saturated carbocycles. The maximum Gasteiger partial charge on any atom is 0.264 e. The van der Waals surface area contributed by atoms with Crippen molar-refractivity contribution in [2.45, 2.75) is 50.5 Å². The number of carbonyl (C=O) groups excluding carboxylic acids is 1. The summed E-state index contributed by atoms with van der Waals surface area (Å²) < 4.78 is 34.1. The van der Waals surface area contributed by atoms with Crippen molar-refractivity contribution in [2.24, 2.45) is 0 Å². The Kier molecular flexibility index (Phi) is 5.89. The molecule has 0 spiro atoms. The fourth-order valence-electron chi connectivity index (χ4n) is 3.16. The predicted molar refractivity (Wildman–Crippen MR) is 114 cm³/mol. The lowest BCUT2D eigenvalue weighted by Crippen LogP contribution is -2.50. The molecule has 2 aromatic rings. The first-order valence-corrected chi connectivity index (χ1v) is 11.3. The maximum absolute atomic E-state index is 13.4. The summed E-state index contributed by atoms with van der Waals surface area (Å²) in [7, 11) is -3.85. The van der Waals surface area contributed by atoms with Gasteiger partial charge in [0.1, 0.15) is 5.75 Å². The predicted octanol–water partition coefficient (Wildman–Crippen LogP) is 3.47. The van der Waals surface area contributed by atoms with Crippen molar-refractivity contribution >= 4 is 21.6 Å². The second-order valence-electron chi connectivity index (χ2n) is 8.18. The highest BCUT2D eigenvalue weighted by Gasteiger charge is 2.38. The van der Waals surface area contributed by atoms with Crippen LogP contribution in [0.25, 0.3) is 0 Å². The molecule has 7 heteroatoms. The van der Waals surface area contributed by atoms with Crippen LogP contribution in [0.4, 0.5) is 5.69 Å². The molecule has 0 aromatic heterocycles. The van der Waals surface area contributed by atoms with Gasteiger partial charge in [-0.05, 0) is 41.7 Å². The van der Waals surface area contributed by atoms with Crippen molar-refractivity contribution in [1.82, 2.24) is 5.32 Å². The number of fused-ring (bicyclic) bond motifs is 1. The first kappa shape index (κ1) is 21.2.